The summed E-state index contributed by atoms with van der Waals surface area (Å²) in [5, 5.41) is 19.5. The van der Waals surface area contributed by atoms with Crippen LogP contribution in [0.15, 0.2) is 18.2 Å². The van der Waals surface area contributed by atoms with E-state index in [1.165, 1.54) is 4.90 Å². The van der Waals surface area contributed by atoms with Crippen molar-refractivity contribution in [1.29, 1.82) is 0 Å². The summed E-state index contributed by atoms with van der Waals surface area (Å²) in [4.78, 5) is 13.3. The van der Waals surface area contributed by atoms with Crippen molar-refractivity contribution in [3.8, 4) is 5.75 Å². The number of amides is 1. The molecular formula is C19H28ClNO5. The van der Waals surface area contributed by atoms with Gasteiger partial charge in [-0.3, -0.25) is 4.90 Å². The van der Waals surface area contributed by atoms with Crippen molar-refractivity contribution in [1.82, 2.24) is 4.90 Å². The lowest BCUT2D eigenvalue weighted by Crippen LogP contribution is -2.44. The highest BCUT2D eigenvalue weighted by Gasteiger charge is 2.42. The number of aliphatic hydroxyl groups is 1. The van der Waals surface area contributed by atoms with Gasteiger partial charge in [0.05, 0.1) is 18.2 Å². The van der Waals surface area contributed by atoms with Crippen molar-refractivity contribution in [3.63, 3.8) is 0 Å². The standard InChI is InChI=1S/C19H28ClNO5/c1-12(22)11-26-13-6-7-14(15(20)10-13)16-17(19(2,3)4)25-9-5-8-21(16)18(23)24/h6-7,10,12,16-17,22H,5,8-9,11H2,1-4H3,(H,23,24). The monoisotopic (exact) mass is 385 g/mol. The smallest absolute Gasteiger partial charge is 0.407 e. The van der Waals surface area contributed by atoms with E-state index in [9.17, 15) is 15.0 Å². The molecule has 6 nitrogen and oxygen atoms in total. The molecule has 26 heavy (non-hydrogen) atoms. The summed E-state index contributed by atoms with van der Waals surface area (Å²) in [5.41, 5.74) is 0.424. The molecule has 0 aliphatic carbocycles. The van der Waals surface area contributed by atoms with E-state index < -0.39 is 18.2 Å². The maximum Gasteiger partial charge on any atom is 0.407 e. The van der Waals surface area contributed by atoms with Crippen molar-refractivity contribution >= 4 is 17.7 Å². The summed E-state index contributed by atoms with van der Waals surface area (Å²) in [7, 11) is 0. The van der Waals surface area contributed by atoms with E-state index in [1.807, 2.05) is 20.8 Å². The van der Waals surface area contributed by atoms with Gasteiger partial charge in [-0.1, -0.05) is 38.4 Å². The fourth-order valence-corrected chi connectivity index (χ4v) is 3.44. The zero-order valence-electron chi connectivity index (χ0n) is 15.7. The van der Waals surface area contributed by atoms with E-state index in [4.69, 9.17) is 21.1 Å². The van der Waals surface area contributed by atoms with Crippen LogP contribution in [0.5, 0.6) is 5.75 Å². The van der Waals surface area contributed by atoms with Crippen molar-refractivity contribution < 1.29 is 24.5 Å². The van der Waals surface area contributed by atoms with Crippen molar-refractivity contribution in [3.05, 3.63) is 28.8 Å². The van der Waals surface area contributed by atoms with Gasteiger partial charge < -0.3 is 19.7 Å². The fourth-order valence-electron chi connectivity index (χ4n) is 3.16. The second-order valence-corrected chi connectivity index (χ2v) is 8.18. The minimum absolute atomic E-state index is 0.161. The lowest BCUT2D eigenvalue weighted by Gasteiger charge is -2.40. The van der Waals surface area contributed by atoms with E-state index in [0.29, 0.717) is 35.9 Å². The van der Waals surface area contributed by atoms with Gasteiger partial charge in [-0.2, -0.15) is 0 Å². The Balaban J connectivity index is 2.42. The molecular weight excluding hydrogens is 358 g/mol. The molecule has 2 rings (SSSR count). The van der Waals surface area contributed by atoms with Crippen LogP contribution in [0.4, 0.5) is 4.79 Å². The molecule has 7 heteroatoms. The van der Waals surface area contributed by atoms with E-state index >= 15 is 0 Å². The molecule has 0 spiro atoms. The van der Waals surface area contributed by atoms with Gasteiger partial charge in [0, 0.05) is 18.2 Å². The third-order valence-corrected chi connectivity index (χ3v) is 4.67. The number of halogens is 1. The number of aliphatic hydroxyl groups excluding tert-OH is 1. The molecule has 1 aliphatic heterocycles. The molecule has 2 N–H and O–H groups in total. The number of nitrogens with zero attached hydrogens (tertiary/aromatic N) is 1. The first-order valence-electron chi connectivity index (χ1n) is 8.82. The highest BCUT2D eigenvalue weighted by molar-refractivity contribution is 6.31. The molecule has 1 aromatic rings. The number of carboxylic acid groups (broad SMARTS) is 1. The second-order valence-electron chi connectivity index (χ2n) is 7.78. The largest absolute Gasteiger partial charge is 0.491 e. The number of benzene rings is 1. The second kappa shape index (κ2) is 8.46. The van der Waals surface area contributed by atoms with Gasteiger partial charge >= 0.3 is 6.09 Å². The number of rotatable bonds is 4. The average Bonchev–Trinajstić information content (AvgIpc) is 2.75. The zero-order chi connectivity index (χ0) is 19.5. The maximum absolute atomic E-state index is 11.9. The Morgan fingerprint density at radius 1 is 1.46 bits per heavy atom. The predicted octanol–water partition coefficient (Wildman–Crippen LogP) is 3.96. The van der Waals surface area contributed by atoms with Crippen LogP contribution in [0, 0.1) is 5.41 Å². The molecule has 0 bridgehead atoms. The summed E-state index contributed by atoms with van der Waals surface area (Å²) < 4.78 is 11.5. The van der Waals surface area contributed by atoms with Crippen LogP contribution in [0.1, 0.15) is 45.7 Å². The molecule has 146 valence electrons. The normalized spacial score (nSPS) is 22.6. The minimum Gasteiger partial charge on any atom is -0.491 e. The Kier molecular flexibility index (Phi) is 6.77. The quantitative estimate of drug-likeness (QED) is 0.820. The van der Waals surface area contributed by atoms with Gasteiger partial charge in [-0.05, 0) is 36.5 Å². The minimum atomic E-state index is -0.986. The molecule has 3 atom stereocenters. The first kappa shape index (κ1) is 20.8. The lowest BCUT2D eigenvalue weighted by molar-refractivity contribution is -0.0479. The molecule has 1 amide bonds. The van der Waals surface area contributed by atoms with E-state index in [0.717, 1.165) is 0 Å². The fraction of sp³-hybridized carbons (Fsp3) is 0.632. The van der Waals surface area contributed by atoms with Crippen LogP contribution in [-0.2, 0) is 4.74 Å². The Morgan fingerprint density at radius 2 is 2.15 bits per heavy atom. The third-order valence-electron chi connectivity index (χ3n) is 4.34. The highest BCUT2D eigenvalue weighted by atomic mass is 35.5. The van der Waals surface area contributed by atoms with Crippen LogP contribution in [-0.4, -0.2) is 53.2 Å². The first-order valence-corrected chi connectivity index (χ1v) is 9.20. The van der Waals surface area contributed by atoms with Gasteiger partial charge in [-0.15, -0.1) is 0 Å². The van der Waals surface area contributed by atoms with E-state index in [-0.39, 0.29) is 18.1 Å². The van der Waals surface area contributed by atoms with Gasteiger partial charge in [0.25, 0.3) is 0 Å². The molecule has 1 heterocycles. The molecule has 0 radical (unpaired) electrons. The molecule has 1 aliphatic rings. The number of hydrogen-bond donors (Lipinski definition) is 2. The van der Waals surface area contributed by atoms with Crippen molar-refractivity contribution in [2.45, 2.75) is 52.4 Å². The van der Waals surface area contributed by atoms with E-state index in [1.54, 1.807) is 25.1 Å². The molecule has 0 saturated carbocycles. The first-order chi connectivity index (χ1) is 12.1. The van der Waals surface area contributed by atoms with Gasteiger partial charge in [0.2, 0.25) is 0 Å². The van der Waals surface area contributed by atoms with E-state index in [2.05, 4.69) is 0 Å². The summed E-state index contributed by atoms with van der Waals surface area (Å²) in [5.74, 6) is 0.531. The van der Waals surface area contributed by atoms with Crippen molar-refractivity contribution in [2.24, 2.45) is 5.41 Å². The third kappa shape index (κ3) is 5.02. The molecule has 1 saturated heterocycles. The lowest BCUT2D eigenvalue weighted by atomic mass is 9.81. The summed E-state index contributed by atoms with van der Waals surface area (Å²) >= 11 is 6.50. The summed E-state index contributed by atoms with van der Waals surface area (Å²) in [6, 6.07) is 4.68. The number of carbonyl (C=O) groups is 1. The van der Waals surface area contributed by atoms with Crippen LogP contribution >= 0.6 is 11.6 Å². The number of hydrogen-bond acceptors (Lipinski definition) is 4. The molecule has 3 unspecified atom stereocenters. The van der Waals surface area contributed by atoms with Gasteiger partial charge in [-0.25, -0.2) is 4.79 Å². The van der Waals surface area contributed by atoms with Crippen LogP contribution in [0.25, 0.3) is 0 Å². The average molecular weight is 386 g/mol. The summed E-state index contributed by atoms with van der Waals surface area (Å²) in [6.07, 6.45) is -1.26. The Hall–Kier alpha value is -1.50. The van der Waals surface area contributed by atoms with Gasteiger partial charge in [0.1, 0.15) is 12.4 Å². The highest BCUT2D eigenvalue weighted by Crippen LogP contribution is 2.41. The SMILES string of the molecule is CC(O)COc1ccc(C2C(C(C)(C)C)OCCCN2C(=O)O)c(Cl)c1. The topological polar surface area (TPSA) is 79.2 Å². The Morgan fingerprint density at radius 3 is 2.69 bits per heavy atom. The van der Waals surface area contributed by atoms with Crippen molar-refractivity contribution in [2.75, 3.05) is 19.8 Å². The van der Waals surface area contributed by atoms with Crippen LogP contribution in [0.2, 0.25) is 5.02 Å². The maximum atomic E-state index is 11.9. The molecule has 1 aromatic carbocycles. The van der Waals surface area contributed by atoms with Crippen LogP contribution < -0.4 is 4.74 Å². The molecule has 0 aromatic heterocycles. The zero-order valence-corrected chi connectivity index (χ0v) is 16.5. The Labute approximate surface area is 159 Å². The predicted molar refractivity (Wildman–Crippen MR) is 99.9 cm³/mol. The summed E-state index contributed by atoms with van der Waals surface area (Å²) in [6.45, 7) is 8.79. The van der Waals surface area contributed by atoms with Gasteiger partial charge in [0.15, 0.2) is 0 Å². The molecule has 1 fully saturated rings. The Bertz CT molecular complexity index is 629. The van der Waals surface area contributed by atoms with Crippen LogP contribution in [0.3, 0.4) is 0 Å². The number of ether oxygens (including phenoxy) is 2.